The molecule has 0 spiro atoms. The molecule has 3 atom stereocenters. The normalized spacial score (nSPS) is 13.9. The molecule has 0 aliphatic carbocycles. The highest BCUT2D eigenvalue weighted by molar-refractivity contribution is 6.00. The molecule has 0 fully saturated rings. The zero-order chi connectivity index (χ0) is 28.8. The molecule has 0 aliphatic heterocycles. The van der Waals surface area contributed by atoms with Gasteiger partial charge < -0.3 is 20.3 Å². The van der Waals surface area contributed by atoms with Crippen LogP contribution in [0.2, 0.25) is 0 Å². The summed E-state index contributed by atoms with van der Waals surface area (Å²) < 4.78 is 5.47. The molecule has 3 amide bonds. The summed E-state index contributed by atoms with van der Waals surface area (Å²) in [5.74, 6) is -0.824. The summed E-state index contributed by atoms with van der Waals surface area (Å²) in [4.78, 5) is 42.6. The maximum absolute atomic E-state index is 14.3. The largest absolute Gasteiger partial charge is 0.444 e. The second-order valence-electron chi connectivity index (χ2n) is 11.4. The van der Waals surface area contributed by atoms with Crippen molar-refractivity contribution in [3.05, 3.63) is 64.7 Å². The van der Waals surface area contributed by atoms with Crippen LogP contribution in [0, 0.1) is 26.7 Å². The molecule has 2 aromatic carbocycles. The van der Waals surface area contributed by atoms with E-state index in [2.05, 4.69) is 10.6 Å². The number of alkyl carbamates (subject to hydrolysis) is 1. The van der Waals surface area contributed by atoms with Gasteiger partial charge in [0.25, 0.3) is 5.91 Å². The molecule has 3 unspecified atom stereocenters. The number of benzene rings is 2. The van der Waals surface area contributed by atoms with Gasteiger partial charge in [-0.05, 0) is 78.0 Å². The van der Waals surface area contributed by atoms with E-state index in [9.17, 15) is 14.4 Å². The minimum Gasteiger partial charge on any atom is -0.444 e. The van der Waals surface area contributed by atoms with E-state index in [0.29, 0.717) is 12.0 Å². The summed E-state index contributed by atoms with van der Waals surface area (Å²) in [6.07, 6.45) is -0.00562. The van der Waals surface area contributed by atoms with Crippen molar-refractivity contribution in [1.82, 2.24) is 10.2 Å². The van der Waals surface area contributed by atoms with E-state index in [-0.39, 0.29) is 23.8 Å². The Bertz CT molecular complexity index is 1120. The second-order valence-corrected chi connectivity index (χ2v) is 11.4. The third-order valence-corrected chi connectivity index (χ3v) is 6.58. The number of hydrogen-bond donors (Lipinski definition) is 2. The fourth-order valence-corrected chi connectivity index (χ4v) is 4.44. The molecule has 2 rings (SSSR count). The number of hydrogen-bond acceptors (Lipinski definition) is 4. The zero-order valence-electron chi connectivity index (χ0n) is 24.6. The monoisotopic (exact) mass is 523 g/mol. The molecule has 0 aromatic heterocycles. The first-order valence-electron chi connectivity index (χ1n) is 13.4. The summed E-state index contributed by atoms with van der Waals surface area (Å²) in [5, 5.41) is 5.90. The fourth-order valence-electron chi connectivity index (χ4n) is 4.44. The maximum atomic E-state index is 14.3. The Labute approximate surface area is 228 Å². The number of rotatable bonds is 9. The lowest BCUT2D eigenvalue weighted by Gasteiger charge is -2.38. The molecule has 0 saturated carbocycles. The van der Waals surface area contributed by atoms with Crippen LogP contribution in [0.15, 0.2) is 42.5 Å². The lowest BCUT2D eigenvalue weighted by atomic mass is 9.94. The van der Waals surface area contributed by atoms with E-state index < -0.39 is 23.8 Å². The highest BCUT2D eigenvalue weighted by Crippen LogP contribution is 2.30. The van der Waals surface area contributed by atoms with Gasteiger partial charge in [0, 0.05) is 11.7 Å². The number of carbonyl (C=O) groups excluding carboxylic acids is 3. The molecule has 0 bridgehead atoms. The minimum atomic E-state index is -0.909. The number of nitrogens with one attached hydrogen (secondary N) is 2. The number of nitrogens with zero attached hydrogens (tertiary/aromatic N) is 1. The molecule has 0 heterocycles. The third-order valence-electron chi connectivity index (χ3n) is 6.58. The van der Waals surface area contributed by atoms with Crippen molar-refractivity contribution in [2.45, 2.75) is 99.4 Å². The van der Waals surface area contributed by atoms with Gasteiger partial charge in [-0.2, -0.15) is 0 Å². The number of aryl methyl sites for hydroxylation is 3. The summed E-state index contributed by atoms with van der Waals surface area (Å²) in [6.45, 7) is 18.8. The second kappa shape index (κ2) is 12.9. The molecule has 38 heavy (non-hydrogen) atoms. The summed E-state index contributed by atoms with van der Waals surface area (Å²) >= 11 is 0. The van der Waals surface area contributed by atoms with Crippen LogP contribution in [0.1, 0.15) is 83.2 Å². The average molecular weight is 524 g/mol. The van der Waals surface area contributed by atoms with Crippen LogP contribution in [-0.2, 0) is 14.3 Å². The average Bonchev–Trinajstić information content (AvgIpc) is 2.81. The lowest BCUT2D eigenvalue weighted by molar-refractivity contribution is -0.144. The van der Waals surface area contributed by atoms with Crippen molar-refractivity contribution in [3.8, 4) is 0 Å². The van der Waals surface area contributed by atoms with Crippen LogP contribution in [-0.4, -0.2) is 40.5 Å². The summed E-state index contributed by atoms with van der Waals surface area (Å²) in [5.41, 5.74) is 3.59. The predicted molar refractivity (Wildman–Crippen MR) is 153 cm³/mol. The molecule has 7 nitrogen and oxygen atoms in total. The maximum Gasteiger partial charge on any atom is 0.408 e. The smallest absolute Gasteiger partial charge is 0.408 e. The summed E-state index contributed by atoms with van der Waals surface area (Å²) in [7, 11) is 0. The molecular weight excluding hydrogens is 478 g/mol. The molecule has 7 heteroatoms. The Morgan fingerprint density at radius 1 is 0.947 bits per heavy atom. The van der Waals surface area contributed by atoms with Gasteiger partial charge in [0.1, 0.15) is 17.7 Å². The van der Waals surface area contributed by atoms with E-state index >= 15 is 0 Å². The zero-order valence-corrected chi connectivity index (χ0v) is 24.6. The van der Waals surface area contributed by atoms with Crippen molar-refractivity contribution in [1.29, 1.82) is 0 Å². The Balaban J connectivity index is 2.58. The van der Waals surface area contributed by atoms with E-state index in [1.807, 2.05) is 90.9 Å². The molecular formula is C31H45N3O4. The number of anilines is 1. The third kappa shape index (κ3) is 8.07. The van der Waals surface area contributed by atoms with Crippen molar-refractivity contribution >= 4 is 23.6 Å². The molecule has 208 valence electrons. The Hall–Kier alpha value is -3.35. The number of amides is 3. The minimum absolute atomic E-state index is 0.184. The van der Waals surface area contributed by atoms with Crippen LogP contribution in [0.5, 0.6) is 0 Å². The van der Waals surface area contributed by atoms with Crippen LogP contribution < -0.4 is 10.6 Å². The van der Waals surface area contributed by atoms with Gasteiger partial charge >= 0.3 is 6.09 Å². The van der Waals surface area contributed by atoms with Crippen LogP contribution in [0.4, 0.5) is 10.5 Å². The number of ether oxygens (including phenoxy) is 1. The molecule has 2 N–H and O–H groups in total. The van der Waals surface area contributed by atoms with Crippen molar-refractivity contribution in [2.75, 3.05) is 5.32 Å². The topological polar surface area (TPSA) is 87.7 Å². The quantitative estimate of drug-likeness (QED) is 0.394. The van der Waals surface area contributed by atoms with Crippen LogP contribution in [0.3, 0.4) is 0 Å². The fraction of sp³-hybridized carbons (Fsp3) is 0.516. The van der Waals surface area contributed by atoms with E-state index in [1.165, 1.54) is 0 Å². The highest BCUT2D eigenvalue weighted by atomic mass is 16.6. The Kier molecular flexibility index (Phi) is 10.5. The van der Waals surface area contributed by atoms with Gasteiger partial charge in [0.05, 0.1) is 0 Å². The van der Waals surface area contributed by atoms with Crippen LogP contribution >= 0.6 is 0 Å². The molecule has 2 aromatic rings. The van der Waals surface area contributed by atoms with E-state index in [4.69, 9.17) is 4.74 Å². The first-order chi connectivity index (χ1) is 17.7. The SMILES string of the molecule is CCC(C)C(NC(=O)OC(C)(C)C)C(=O)N(C(C)C)C(C(=O)Nc1c(C)cccc1C)c1cccc(C)c1. The molecule has 0 aliphatic rings. The number of carbonyl (C=O) groups is 3. The molecule has 0 saturated heterocycles. The highest BCUT2D eigenvalue weighted by Gasteiger charge is 2.39. The van der Waals surface area contributed by atoms with Gasteiger partial charge in [-0.3, -0.25) is 9.59 Å². The van der Waals surface area contributed by atoms with Crippen LogP contribution in [0.25, 0.3) is 0 Å². The number of para-hydroxylation sites is 1. The van der Waals surface area contributed by atoms with Crippen molar-refractivity contribution < 1.29 is 19.1 Å². The summed E-state index contributed by atoms with van der Waals surface area (Å²) in [6, 6.07) is 11.4. The van der Waals surface area contributed by atoms with E-state index in [1.54, 1.807) is 25.7 Å². The first kappa shape index (κ1) is 30.9. The Morgan fingerprint density at radius 2 is 1.53 bits per heavy atom. The molecule has 0 radical (unpaired) electrons. The van der Waals surface area contributed by atoms with Gasteiger partial charge in [0.15, 0.2) is 0 Å². The van der Waals surface area contributed by atoms with E-state index in [0.717, 1.165) is 22.4 Å². The lowest BCUT2D eigenvalue weighted by Crippen LogP contribution is -2.56. The standard InChI is InChI=1S/C31H45N3O4/c1-11-21(5)26(33-30(37)38-31(8,9)10)29(36)34(19(2)3)27(24-17-12-14-20(4)18-24)28(35)32-25-22(6)15-13-16-23(25)7/h12-19,21,26-27H,11H2,1-10H3,(H,32,35)(H,33,37). The predicted octanol–water partition coefficient (Wildman–Crippen LogP) is 6.47. The van der Waals surface area contributed by atoms with Crippen molar-refractivity contribution in [3.63, 3.8) is 0 Å². The first-order valence-corrected chi connectivity index (χ1v) is 13.4. The van der Waals surface area contributed by atoms with Gasteiger partial charge in [-0.25, -0.2) is 4.79 Å². The van der Waals surface area contributed by atoms with Crippen molar-refractivity contribution in [2.24, 2.45) is 5.92 Å². The van der Waals surface area contributed by atoms with Gasteiger partial charge in [-0.1, -0.05) is 68.3 Å². The van der Waals surface area contributed by atoms with Gasteiger partial charge in [0.2, 0.25) is 5.91 Å². The Morgan fingerprint density at radius 3 is 2.03 bits per heavy atom. The van der Waals surface area contributed by atoms with Gasteiger partial charge in [-0.15, -0.1) is 0 Å².